The van der Waals surface area contributed by atoms with E-state index in [0.717, 1.165) is 0 Å². The molecule has 0 aromatic heterocycles. The van der Waals surface area contributed by atoms with Gasteiger partial charge in [0.25, 0.3) is 0 Å². The van der Waals surface area contributed by atoms with Gasteiger partial charge in [-0.15, -0.1) is 0 Å². The molecule has 0 saturated carbocycles. The molecule has 0 aliphatic carbocycles. The number of nitrogens with one attached hydrogen (secondary N) is 1. The third-order valence-electron chi connectivity index (χ3n) is 3.41. The standard InChI is InChI=1S/C17H18FNO2/c1-11(13-6-5-7-14(18)10-13)17(21)19-16-9-4-3-8-15(16)12(2)20/h3-12,20H,1-2H3,(H,19,21). The van der Waals surface area contributed by atoms with E-state index >= 15 is 0 Å². The molecule has 1 amide bonds. The predicted molar refractivity (Wildman–Crippen MR) is 80.5 cm³/mol. The van der Waals surface area contributed by atoms with Crippen molar-refractivity contribution < 1.29 is 14.3 Å². The van der Waals surface area contributed by atoms with Gasteiger partial charge in [-0.1, -0.05) is 30.3 Å². The maximum Gasteiger partial charge on any atom is 0.231 e. The second-order valence-electron chi connectivity index (χ2n) is 5.03. The van der Waals surface area contributed by atoms with E-state index in [-0.39, 0.29) is 11.7 Å². The highest BCUT2D eigenvalue weighted by atomic mass is 19.1. The molecule has 0 radical (unpaired) electrons. The lowest BCUT2D eigenvalue weighted by molar-refractivity contribution is -0.117. The topological polar surface area (TPSA) is 49.3 Å². The highest BCUT2D eigenvalue weighted by Crippen LogP contribution is 2.24. The first kappa shape index (κ1) is 15.2. The van der Waals surface area contributed by atoms with Gasteiger partial charge >= 0.3 is 0 Å². The highest BCUT2D eigenvalue weighted by Gasteiger charge is 2.17. The summed E-state index contributed by atoms with van der Waals surface area (Å²) in [6.07, 6.45) is -0.675. The Balaban J connectivity index is 2.18. The van der Waals surface area contributed by atoms with Crippen LogP contribution in [-0.4, -0.2) is 11.0 Å². The van der Waals surface area contributed by atoms with Gasteiger partial charge in [0.1, 0.15) is 5.82 Å². The van der Waals surface area contributed by atoms with Gasteiger partial charge < -0.3 is 10.4 Å². The molecular weight excluding hydrogens is 269 g/mol. The van der Waals surface area contributed by atoms with E-state index in [0.29, 0.717) is 16.8 Å². The summed E-state index contributed by atoms with van der Waals surface area (Å²) in [6.45, 7) is 3.36. The van der Waals surface area contributed by atoms with Gasteiger partial charge in [-0.05, 0) is 37.6 Å². The van der Waals surface area contributed by atoms with E-state index in [2.05, 4.69) is 5.32 Å². The number of benzene rings is 2. The summed E-state index contributed by atoms with van der Waals surface area (Å²) in [6, 6.07) is 13.1. The van der Waals surface area contributed by atoms with Crippen LogP contribution in [0.5, 0.6) is 0 Å². The number of hydrogen-bond donors (Lipinski definition) is 2. The summed E-state index contributed by atoms with van der Waals surface area (Å²) in [5.41, 5.74) is 1.83. The predicted octanol–water partition coefficient (Wildman–Crippen LogP) is 3.62. The molecule has 4 heteroatoms. The fourth-order valence-corrected chi connectivity index (χ4v) is 2.14. The number of carbonyl (C=O) groups excluding carboxylic acids is 1. The number of hydrogen-bond acceptors (Lipinski definition) is 2. The van der Waals surface area contributed by atoms with Gasteiger partial charge in [0.2, 0.25) is 5.91 Å². The van der Waals surface area contributed by atoms with Gasteiger partial charge in [-0.25, -0.2) is 4.39 Å². The van der Waals surface area contributed by atoms with Gasteiger partial charge in [-0.3, -0.25) is 4.79 Å². The molecule has 2 aromatic carbocycles. The zero-order valence-corrected chi connectivity index (χ0v) is 12.0. The Labute approximate surface area is 123 Å². The third-order valence-corrected chi connectivity index (χ3v) is 3.41. The van der Waals surface area contributed by atoms with Crippen molar-refractivity contribution in [1.29, 1.82) is 0 Å². The second kappa shape index (κ2) is 6.50. The summed E-state index contributed by atoms with van der Waals surface area (Å²) >= 11 is 0. The average Bonchev–Trinajstić information content (AvgIpc) is 2.46. The maximum atomic E-state index is 13.2. The molecule has 0 aliphatic heterocycles. The highest BCUT2D eigenvalue weighted by molar-refractivity contribution is 5.96. The van der Waals surface area contributed by atoms with Crippen LogP contribution in [-0.2, 0) is 4.79 Å². The lowest BCUT2D eigenvalue weighted by Crippen LogP contribution is -2.20. The summed E-state index contributed by atoms with van der Waals surface area (Å²) in [7, 11) is 0. The van der Waals surface area contributed by atoms with Crippen molar-refractivity contribution in [2.24, 2.45) is 0 Å². The van der Waals surface area contributed by atoms with Crippen molar-refractivity contribution in [1.82, 2.24) is 0 Å². The zero-order chi connectivity index (χ0) is 15.4. The first-order chi connectivity index (χ1) is 9.99. The smallest absolute Gasteiger partial charge is 0.231 e. The summed E-state index contributed by atoms with van der Waals surface area (Å²) in [5.74, 6) is -1.09. The van der Waals surface area contributed by atoms with Crippen molar-refractivity contribution in [3.63, 3.8) is 0 Å². The van der Waals surface area contributed by atoms with Crippen LogP contribution in [0.1, 0.15) is 37.0 Å². The SMILES string of the molecule is CC(O)c1ccccc1NC(=O)C(C)c1cccc(F)c1. The molecule has 110 valence electrons. The van der Waals surface area contributed by atoms with Gasteiger partial charge in [-0.2, -0.15) is 0 Å². The van der Waals surface area contributed by atoms with Crippen molar-refractivity contribution >= 4 is 11.6 Å². The number of para-hydroxylation sites is 1. The Morgan fingerprint density at radius 3 is 2.52 bits per heavy atom. The number of rotatable bonds is 4. The Kier molecular flexibility index (Phi) is 4.70. The molecule has 0 heterocycles. The molecule has 0 saturated heterocycles. The molecule has 2 N–H and O–H groups in total. The number of carbonyl (C=O) groups is 1. The first-order valence-corrected chi connectivity index (χ1v) is 6.82. The third kappa shape index (κ3) is 3.67. The van der Waals surface area contributed by atoms with Crippen LogP contribution in [0.2, 0.25) is 0 Å². The fraction of sp³-hybridized carbons (Fsp3) is 0.235. The van der Waals surface area contributed by atoms with E-state index in [4.69, 9.17) is 0 Å². The summed E-state index contributed by atoms with van der Waals surface area (Å²) in [4.78, 5) is 12.3. The fourth-order valence-electron chi connectivity index (χ4n) is 2.14. The summed E-state index contributed by atoms with van der Waals surface area (Å²) < 4.78 is 13.2. The Morgan fingerprint density at radius 2 is 1.86 bits per heavy atom. The second-order valence-corrected chi connectivity index (χ2v) is 5.03. The van der Waals surface area contributed by atoms with Crippen LogP contribution >= 0.6 is 0 Å². The van der Waals surface area contributed by atoms with Crippen LogP contribution < -0.4 is 5.32 Å². The molecule has 2 aromatic rings. The van der Waals surface area contributed by atoms with Gasteiger partial charge in [0.05, 0.1) is 12.0 Å². The van der Waals surface area contributed by atoms with Crippen molar-refractivity contribution in [2.45, 2.75) is 25.9 Å². The molecular formula is C17H18FNO2. The molecule has 0 spiro atoms. The molecule has 3 nitrogen and oxygen atoms in total. The Hall–Kier alpha value is -2.20. The minimum Gasteiger partial charge on any atom is -0.389 e. The number of aliphatic hydroxyl groups excluding tert-OH is 1. The lowest BCUT2D eigenvalue weighted by Gasteiger charge is -2.16. The minimum absolute atomic E-state index is 0.242. The molecule has 0 aliphatic rings. The number of halogens is 1. The molecule has 2 atom stereocenters. The molecule has 2 unspecified atom stereocenters. The van der Waals surface area contributed by atoms with Crippen LogP contribution in [0.3, 0.4) is 0 Å². The largest absolute Gasteiger partial charge is 0.389 e. The Morgan fingerprint density at radius 1 is 1.14 bits per heavy atom. The molecule has 0 fully saturated rings. The van der Waals surface area contributed by atoms with Gasteiger partial charge in [0, 0.05) is 11.3 Å². The van der Waals surface area contributed by atoms with Crippen molar-refractivity contribution in [3.8, 4) is 0 Å². The molecule has 2 rings (SSSR count). The first-order valence-electron chi connectivity index (χ1n) is 6.82. The lowest BCUT2D eigenvalue weighted by atomic mass is 9.99. The van der Waals surface area contributed by atoms with E-state index in [1.807, 2.05) is 0 Å². The van der Waals surface area contributed by atoms with Crippen molar-refractivity contribution in [2.75, 3.05) is 5.32 Å². The summed E-state index contributed by atoms with van der Waals surface area (Å²) in [5, 5.41) is 12.5. The minimum atomic E-state index is -0.675. The van der Waals surface area contributed by atoms with E-state index in [1.165, 1.54) is 12.1 Å². The van der Waals surface area contributed by atoms with Crippen LogP contribution in [0.4, 0.5) is 10.1 Å². The Bertz CT molecular complexity index is 640. The molecule has 0 bridgehead atoms. The zero-order valence-electron chi connectivity index (χ0n) is 12.0. The number of anilines is 1. The monoisotopic (exact) mass is 287 g/mol. The van der Waals surface area contributed by atoms with E-state index in [9.17, 15) is 14.3 Å². The maximum absolute atomic E-state index is 13.2. The van der Waals surface area contributed by atoms with Crippen LogP contribution in [0, 0.1) is 5.82 Å². The van der Waals surface area contributed by atoms with Gasteiger partial charge in [0.15, 0.2) is 0 Å². The van der Waals surface area contributed by atoms with E-state index in [1.54, 1.807) is 50.2 Å². The van der Waals surface area contributed by atoms with Crippen LogP contribution in [0.15, 0.2) is 48.5 Å². The van der Waals surface area contributed by atoms with Crippen molar-refractivity contribution in [3.05, 3.63) is 65.5 Å². The van der Waals surface area contributed by atoms with E-state index < -0.39 is 12.0 Å². The van der Waals surface area contributed by atoms with Crippen LogP contribution in [0.25, 0.3) is 0 Å². The molecule has 21 heavy (non-hydrogen) atoms. The number of aliphatic hydroxyl groups is 1. The normalized spacial score (nSPS) is 13.5. The quantitative estimate of drug-likeness (QED) is 0.902. The number of amides is 1. The average molecular weight is 287 g/mol.